The van der Waals surface area contributed by atoms with Gasteiger partial charge in [-0.3, -0.25) is 29.9 Å². The Morgan fingerprint density at radius 1 is 0.258 bits per heavy atom. The Morgan fingerprint density at radius 2 is 0.312 bits per heavy atom. The smallest absolute Gasteiger partial charge is 0.870 e. The second kappa shape index (κ2) is 106. The van der Waals surface area contributed by atoms with E-state index in [-0.39, 0.29) is 279 Å². The Hall–Kier alpha value is -3.13. The number of aromatic nitrogens is 6. The molecular formula is C76H104Cl10Co6Gd2N8O26. The van der Waals surface area contributed by atoms with Crippen molar-refractivity contribution in [1.82, 2.24) is 29.9 Å². The number of pyridine rings is 6. The van der Waals surface area contributed by atoms with Gasteiger partial charge in [-0.1, -0.05) is 309 Å². The van der Waals surface area contributed by atoms with E-state index in [1.807, 2.05) is 0 Å². The molecule has 0 atom stereocenters. The van der Waals surface area contributed by atoms with Crippen LogP contribution in [0.1, 0.15) is 180 Å². The molecular weight excluding hydrogens is 2460 g/mol. The van der Waals surface area contributed by atoms with Crippen LogP contribution in [0.2, 0.25) is 30.9 Å². The Kier molecular flexibility index (Phi) is 156. The molecule has 0 saturated heterocycles. The largest absolute Gasteiger partial charge is 3.00 e. The predicted octanol–water partition coefficient (Wildman–Crippen LogP) is 6.29. The third-order valence-electron chi connectivity index (χ3n) is 9.04. The molecule has 0 aliphatic heterocycles. The van der Waals surface area contributed by atoms with Gasteiger partial charge in [0, 0.05) is 105 Å². The molecule has 6 aromatic rings. The van der Waals surface area contributed by atoms with E-state index in [0.717, 1.165) is 0 Å². The van der Waals surface area contributed by atoms with E-state index < -0.39 is 91.1 Å². The van der Waals surface area contributed by atoms with E-state index >= 15 is 0 Å². The number of carboxylic acid groups (broad SMARTS) is 8. The molecule has 0 amide bonds. The van der Waals surface area contributed by atoms with Crippen molar-refractivity contribution in [1.29, 1.82) is 10.5 Å². The fourth-order valence-electron chi connectivity index (χ4n) is 2.34. The number of aliphatic carboxylic acids is 8. The average molecular weight is 2570 g/mol. The molecule has 52 heteroatoms. The molecule has 128 heavy (non-hydrogen) atoms. The van der Waals surface area contributed by atoms with Crippen LogP contribution in [-0.2, 0) is 139 Å². The maximum absolute atomic E-state index is 10.3. The van der Waals surface area contributed by atoms with Gasteiger partial charge in [0.2, 0.25) is 0 Å². The minimum absolute atomic E-state index is 0. The number of alkyl halides is 4. The molecule has 4 radical (unpaired) electrons. The third-order valence-corrected chi connectivity index (χ3v) is 10.3. The molecule has 0 aliphatic carbocycles. The molecule has 6 rings (SSSR count). The molecule has 34 nitrogen and oxygen atoms in total. The minimum Gasteiger partial charge on any atom is -0.870 e. The molecule has 4 N–H and O–H groups in total. The topological polar surface area (TPSA) is 704 Å². The zero-order chi connectivity index (χ0) is 95.3. The number of hydrogen-bond donors (Lipinski definition) is 0. The van der Waals surface area contributed by atoms with Crippen molar-refractivity contribution < 1.29 is 312 Å². The van der Waals surface area contributed by atoms with E-state index in [1.165, 1.54) is 50.2 Å². The molecule has 0 aromatic carbocycles. The summed E-state index contributed by atoms with van der Waals surface area (Å²) < 4.78 is 0. The summed E-state index contributed by atoms with van der Waals surface area (Å²) in [5.74, 6) is -9.82. The first-order valence-corrected chi connectivity index (χ1v) is 36.7. The summed E-state index contributed by atoms with van der Waals surface area (Å²) in [7, 11) is 0. The van der Waals surface area contributed by atoms with Crippen LogP contribution < -0.4 is 71.5 Å². The van der Waals surface area contributed by atoms with Gasteiger partial charge in [-0.25, -0.2) is 0 Å². The summed E-state index contributed by atoms with van der Waals surface area (Å²) in [6.45, 7) is 41.3. The van der Waals surface area contributed by atoms with E-state index in [4.69, 9.17) is 127 Å². The molecule has 6 heterocycles. The fourth-order valence-corrected chi connectivity index (χ4v) is 3.27. The minimum atomic E-state index is -1.01. The third kappa shape index (κ3) is 166. The van der Waals surface area contributed by atoms with Crippen molar-refractivity contribution in [3.63, 3.8) is 0 Å². The Bertz CT molecular complexity index is 3060. The van der Waals surface area contributed by atoms with Crippen LogP contribution in [0.4, 0.5) is 0 Å². The maximum atomic E-state index is 10.3. The first kappa shape index (κ1) is 188. The summed E-state index contributed by atoms with van der Waals surface area (Å²) in [4.78, 5) is 99.6. The number of carboxylic acids is 8. The molecule has 0 aliphatic rings. The van der Waals surface area contributed by atoms with Crippen molar-refractivity contribution in [3.05, 3.63) is 140 Å². The summed E-state index contributed by atoms with van der Waals surface area (Å²) in [5, 5.41) is 158. The number of halogens is 10. The van der Waals surface area contributed by atoms with E-state index in [0.29, 0.717) is 0 Å². The van der Waals surface area contributed by atoms with Gasteiger partial charge >= 0.3 is 181 Å². The first-order chi connectivity index (χ1) is 51.9. The van der Waals surface area contributed by atoms with Gasteiger partial charge in [0.15, 0.2) is 0 Å². The second-order valence-electron chi connectivity index (χ2n) is 28.7. The van der Waals surface area contributed by atoms with Crippen LogP contribution in [0.15, 0.2) is 109 Å². The quantitative estimate of drug-likeness (QED) is 0.119. The number of carbonyl (C=O) groups excluding carboxylic acids is 8. The van der Waals surface area contributed by atoms with Crippen LogP contribution in [0.5, 0.6) is 35.3 Å². The molecule has 0 saturated carbocycles. The normalized spacial score (nSPS) is 8.77. The van der Waals surface area contributed by atoms with Gasteiger partial charge < -0.3 is 132 Å². The Labute approximate surface area is 926 Å². The predicted molar refractivity (Wildman–Crippen MR) is 431 cm³/mol. The summed E-state index contributed by atoms with van der Waals surface area (Å²) in [5.41, 5.74) is -5.56. The van der Waals surface area contributed by atoms with Gasteiger partial charge in [0.1, 0.15) is 30.9 Å². The standard InChI is InChI=1S/6C5H4ClNO.8C5H10O2.2C2H3N.2CH2Cl2.6Co.2Gd.4H2O/c6*6-4-2-1-3-5(8)7-4;8*1-5(2,3)4(6)7;2*1-2-3;2*2-1-3;;;;;;;;;;;;/h6*1-3H,(H,7,8);8*1-3H3,(H,6,7);2*1H3;2*1H2;;;;;;;;;4*1H2/q;;;;;;;;;;;;;;;;;;4*+2;2*+3;2*+2;;;;/p-18. The van der Waals surface area contributed by atoms with E-state index in [9.17, 15) is 110 Å². The zero-order valence-corrected chi connectivity index (χ0v) is 92.0. The van der Waals surface area contributed by atoms with Crippen molar-refractivity contribution in [2.75, 3.05) is 10.7 Å². The van der Waals surface area contributed by atoms with Crippen molar-refractivity contribution >= 4 is 164 Å². The van der Waals surface area contributed by atoms with Crippen LogP contribution in [0.3, 0.4) is 0 Å². The number of nitriles is 2. The summed E-state index contributed by atoms with van der Waals surface area (Å²) in [6.07, 6.45) is 0. The van der Waals surface area contributed by atoms with Crippen LogP contribution >= 0.6 is 116 Å². The van der Waals surface area contributed by atoms with Gasteiger partial charge in [-0.05, 0) is 71.7 Å². The van der Waals surface area contributed by atoms with Crippen LogP contribution in [0.25, 0.3) is 0 Å². The van der Waals surface area contributed by atoms with Crippen molar-refractivity contribution in [2.45, 2.75) is 180 Å². The van der Waals surface area contributed by atoms with Gasteiger partial charge in [0.25, 0.3) is 0 Å². The fraction of sp³-hybridized carbons (Fsp3) is 0.474. The van der Waals surface area contributed by atoms with Gasteiger partial charge in [0.05, 0.1) is 22.8 Å². The zero-order valence-electron chi connectivity index (χ0n) is 73.6. The van der Waals surface area contributed by atoms with Crippen molar-refractivity contribution in [2.24, 2.45) is 43.3 Å². The van der Waals surface area contributed by atoms with Crippen LogP contribution in [0, 0.1) is 146 Å². The first-order valence-electron chi connectivity index (χ1n) is 32.3. The van der Waals surface area contributed by atoms with E-state index in [1.54, 1.807) is 251 Å². The molecule has 0 unspecified atom stereocenters. The molecule has 744 valence electrons. The second-order valence-corrected chi connectivity index (χ2v) is 32.7. The maximum Gasteiger partial charge on any atom is 3.00 e. The Morgan fingerprint density at radius 3 is 0.336 bits per heavy atom. The molecule has 0 spiro atoms. The van der Waals surface area contributed by atoms with Gasteiger partial charge in [-0.15, -0.1) is 46.4 Å². The SMILES string of the molecule is CC#N.CC#N.CC(C)(C)C(=O)[O-].CC(C)(C)C(=O)[O-].CC(C)(C)C(=O)[O-].CC(C)(C)C(=O)[O-].CC(C)(C)C(=O)[O-].CC(C)(C)C(=O)[O-].CC(C)(C)C(=O)[O-].CC(C)(C)C(=O)[O-].ClCCl.ClCCl.[Co+2].[Co+2].[Co+2].[Co+2].[Co+3].[Co+3].[Gd+2].[Gd+2].[O-]c1cccc(Cl)n1.[O-]c1cccc(Cl)n1.[O-]c1cccc(Cl)n1.[O-]c1cccc(Cl)n1.[O-]c1cccc(Cl)n1.[O-]c1cccc(Cl)n1.[OH-].[OH-].[OH-].[OH-]. The Balaban J connectivity index is -0.0000000407. The van der Waals surface area contributed by atoms with Crippen molar-refractivity contribution in [3.8, 4) is 47.4 Å². The van der Waals surface area contributed by atoms with E-state index in [2.05, 4.69) is 29.9 Å². The summed E-state index contributed by atoms with van der Waals surface area (Å²) in [6, 6.07) is 30.4. The number of hydrogen-bond acceptors (Lipinski definition) is 34. The number of carbonyl (C=O) groups is 8. The molecule has 0 bridgehead atoms. The molecule has 0 fully saturated rings. The van der Waals surface area contributed by atoms with Crippen LogP contribution in [-0.4, -0.2) is 110 Å². The average Bonchev–Trinajstić information content (AvgIpc) is 1.11. The number of nitrogens with zero attached hydrogens (tertiary/aromatic N) is 8. The monoisotopic (exact) mass is 2560 g/mol. The van der Waals surface area contributed by atoms with Gasteiger partial charge in [-0.2, -0.15) is 10.5 Å². The number of rotatable bonds is 0. The summed E-state index contributed by atoms with van der Waals surface area (Å²) >= 11 is 51.1. The molecule has 6 aromatic heterocycles.